The van der Waals surface area contributed by atoms with E-state index in [2.05, 4.69) is 21.0 Å². The molecule has 60 valence electrons. The average molecular weight is 221 g/mol. The lowest BCUT2D eigenvalue weighted by molar-refractivity contribution is 0.0694. The summed E-state index contributed by atoms with van der Waals surface area (Å²) in [5, 5.41) is 11.0. The lowest BCUT2D eigenvalue weighted by Crippen LogP contribution is -2.18. The zero-order valence-electron chi connectivity index (χ0n) is 5.59. The molecule has 0 unspecified atom stereocenters. The Morgan fingerprint density at radius 3 is 2.45 bits per heavy atom. The van der Waals surface area contributed by atoms with Crippen molar-refractivity contribution in [3.8, 4) is 0 Å². The van der Waals surface area contributed by atoms with E-state index in [1.807, 2.05) is 0 Å². The molecule has 11 heavy (non-hydrogen) atoms. The Morgan fingerprint density at radius 1 is 1.73 bits per heavy atom. The fourth-order valence-corrected chi connectivity index (χ4v) is 1.31. The minimum Gasteiger partial charge on any atom is -0.477 e. The first-order valence-corrected chi connectivity index (χ1v) is 3.51. The van der Waals surface area contributed by atoms with Crippen LogP contribution in [0.5, 0.6) is 0 Å². The number of aromatic amines is 1. The van der Waals surface area contributed by atoms with Crippen molar-refractivity contribution in [2.75, 3.05) is 0 Å². The number of hydrogen-bond acceptors (Lipinski definition) is 2. The lowest BCUT2D eigenvalue weighted by atomic mass is 10.4. The Bertz CT molecular complexity index is 351. The van der Waals surface area contributed by atoms with Crippen LogP contribution in [0.2, 0.25) is 0 Å². The monoisotopic (exact) mass is 220 g/mol. The number of H-pyrrole nitrogens is 1. The van der Waals surface area contributed by atoms with Crippen LogP contribution in [0.3, 0.4) is 0 Å². The summed E-state index contributed by atoms with van der Waals surface area (Å²) in [7, 11) is 1.44. The number of carbonyl (C=O) groups is 1. The van der Waals surface area contributed by atoms with Crippen molar-refractivity contribution in [3.63, 3.8) is 0 Å². The number of nitrogens with zero attached hydrogens (tertiary/aromatic N) is 1. The maximum atomic E-state index is 11.0. The fraction of sp³-hybridized carbons (Fsp3) is 0.200. The van der Waals surface area contributed by atoms with Crippen molar-refractivity contribution in [2.24, 2.45) is 7.05 Å². The van der Waals surface area contributed by atoms with E-state index < -0.39 is 11.5 Å². The molecule has 5 nitrogen and oxygen atoms in total. The summed E-state index contributed by atoms with van der Waals surface area (Å²) in [6.45, 7) is 0. The van der Waals surface area contributed by atoms with E-state index in [1.165, 1.54) is 7.05 Å². The smallest absolute Gasteiger partial charge is 0.344 e. The van der Waals surface area contributed by atoms with E-state index in [9.17, 15) is 9.59 Å². The molecule has 0 atom stereocenters. The van der Waals surface area contributed by atoms with E-state index in [4.69, 9.17) is 5.11 Å². The predicted octanol–water partition coefficient (Wildman–Crippen LogP) is 0.174. The Labute approximate surface area is 69.8 Å². The van der Waals surface area contributed by atoms with Gasteiger partial charge in [-0.3, -0.25) is 14.6 Å². The minimum atomic E-state index is -1.24. The highest BCUT2D eigenvalue weighted by Gasteiger charge is 2.16. The van der Waals surface area contributed by atoms with Gasteiger partial charge in [-0.2, -0.15) is 0 Å². The van der Waals surface area contributed by atoms with Crippen LogP contribution >= 0.6 is 15.9 Å². The van der Waals surface area contributed by atoms with E-state index in [-0.39, 0.29) is 10.2 Å². The molecule has 0 saturated carbocycles. The number of nitrogens with one attached hydrogen (secondary N) is 1. The summed E-state index contributed by atoms with van der Waals surface area (Å²) in [5.41, 5.74) is -0.822. The molecule has 0 amide bonds. The topological polar surface area (TPSA) is 75.1 Å². The van der Waals surface area contributed by atoms with Gasteiger partial charge in [0.15, 0.2) is 5.56 Å². The largest absolute Gasteiger partial charge is 0.477 e. The molecular weight excluding hydrogens is 216 g/mol. The van der Waals surface area contributed by atoms with Crippen LogP contribution < -0.4 is 5.56 Å². The van der Waals surface area contributed by atoms with Gasteiger partial charge < -0.3 is 5.11 Å². The maximum Gasteiger partial charge on any atom is 0.344 e. The van der Waals surface area contributed by atoms with Crippen molar-refractivity contribution in [2.45, 2.75) is 0 Å². The molecule has 1 aromatic heterocycles. The van der Waals surface area contributed by atoms with Crippen LogP contribution in [0.1, 0.15) is 10.4 Å². The van der Waals surface area contributed by atoms with Crippen LogP contribution in [0.15, 0.2) is 9.40 Å². The highest BCUT2D eigenvalue weighted by atomic mass is 79.9. The highest BCUT2D eigenvalue weighted by molar-refractivity contribution is 9.10. The third-order valence-corrected chi connectivity index (χ3v) is 1.79. The van der Waals surface area contributed by atoms with Crippen LogP contribution in [-0.4, -0.2) is 20.9 Å². The molecule has 0 aliphatic rings. The van der Waals surface area contributed by atoms with Crippen molar-refractivity contribution >= 4 is 21.9 Å². The second kappa shape index (κ2) is 2.54. The van der Waals surface area contributed by atoms with E-state index in [0.29, 0.717) is 0 Å². The number of rotatable bonds is 1. The first kappa shape index (κ1) is 8.06. The number of aryl methyl sites for hydroxylation is 1. The third-order valence-electron chi connectivity index (χ3n) is 1.22. The fourth-order valence-electron chi connectivity index (χ4n) is 0.701. The Hall–Kier alpha value is -1.04. The van der Waals surface area contributed by atoms with Crippen molar-refractivity contribution in [1.29, 1.82) is 0 Å². The van der Waals surface area contributed by atoms with Crippen LogP contribution in [-0.2, 0) is 7.05 Å². The van der Waals surface area contributed by atoms with E-state index >= 15 is 0 Å². The van der Waals surface area contributed by atoms with E-state index in [1.54, 1.807) is 0 Å². The normalized spacial score (nSPS) is 10.0. The Balaban J connectivity index is 3.47. The van der Waals surface area contributed by atoms with Crippen LogP contribution in [0, 0.1) is 0 Å². The second-order valence-electron chi connectivity index (χ2n) is 1.97. The van der Waals surface area contributed by atoms with Gasteiger partial charge in [-0.15, -0.1) is 0 Å². The first-order chi connectivity index (χ1) is 5.04. The zero-order valence-corrected chi connectivity index (χ0v) is 7.17. The molecule has 2 N–H and O–H groups in total. The summed E-state index contributed by atoms with van der Waals surface area (Å²) in [5.74, 6) is -1.24. The molecule has 0 fully saturated rings. The summed E-state index contributed by atoms with van der Waals surface area (Å²) in [4.78, 5) is 21.3. The summed E-state index contributed by atoms with van der Waals surface area (Å²) >= 11 is 2.91. The van der Waals surface area contributed by atoms with Crippen molar-refractivity contribution < 1.29 is 9.90 Å². The minimum absolute atomic E-state index is 0.192. The lowest BCUT2D eigenvalue weighted by Gasteiger charge is -1.82. The molecule has 0 aliphatic carbocycles. The molecule has 0 aromatic carbocycles. The number of aromatic carboxylic acids is 1. The van der Waals surface area contributed by atoms with Crippen molar-refractivity contribution in [3.05, 3.63) is 20.5 Å². The van der Waals surface area contributed by atoms with Gasteiger partial charge in [0, 0.05) is 7.05 Å². The van der Waals surface area contributed by atoms with Crippen LogP contribution in [0.25, 0.3) is 0 Å². The molecule has 1 aromatic rings. The van der Waals surface area contributed by atoms with Gasteiger partial charge in [0.05, 0.1) is 0 Å². The average Bonchev–Trinajstić information content (AvgIpc) is 2.07. The number of halogens is 1. The van der Waals surface area contributed by atoms with Gasteiger partial charge in [-0.05, 0) is 15.9 Å². The molecule has 0 radical (unpaired) electrons. The Kier molecular flexibility index (Phi) is 1.86. The third kappa shape index (κ3) is 1.21. The van der Waals surface area contributed by atoms with Gasteiger partial charge in [0.1, 0.15) is 4.60 Å². The quantitative estimate of drug-likeness (QED) is 0.709. The number of hydrogen-bond donors (Lipinski definition) is 2. The van der Waals surface area contributed by atoms with Gasteiger partial charge in [0.2, 0.25) is 0 Å². The zero-order chi connectivity index (χ0) is 8.59. The first-order valence-electron chi connectivity index (χ1n) is 2.72. The summed E-state index contributed by atoms with van der Waals surface area (Å²) < 4.78 is 1.28. The van der Waals surface area contributed by atoms with Gasteiger partial charge in [-0.25, -0.2) is 4.79 Å². The summed E-state index contributed by atoms with van der Waals surface area (Å²) in [6, 6.07) is 0. The molecule has 0 aliphatic heterocycles. The predicted molar refractivity (Wildman–Crippen MR) is 40.7 cm³/mol. The number of carboxylic acid groups (broad SMARTS) is 1. The summed E-state index contributed by atoms with van der Waals surface area (Å²) in [6.07, 6.45) is 0. The van der Waals surface area contributed by atoms with Gasteiger partial charge >= 0.3 is 5.97 Å². The van der Waals surface area contributed by atoms with Crippen molar-refractivity contribution in [1.82, 2.24) is 9.78 Å². The number of aromatic nitrogens is 2. The van der Waals surface area contributed by atoms with Gasteiger partial charge in [-0.1, -0.05) is 0 Å². The molecule has 6 heteroatoms. The maximum absolute atomic E-state index is 11.0. The molecule has 0 saturated heterocycles. The molecule has 1 rings (SSSR count). The molecule has 0 spiro atoms. The van der Waals surface area contributed by atoms with Gasteiger partial charge in [0.25, 0.3) is 5.56 Å². The molecule has 1 heterocycles. The van der Waals surface area contributed by atoms with E-state index in [0.717, 1.165) is 4.68 Å². The standard InChI is InChI=1S/C5H5BrN2O3/c1-8-4(9)2(5(10)11)3(6)7-8/h7H,1H3,(H,10,11). The Morgan fingerprint density at radius 2 is 2.27 bits per heavy atom. The van der Waals surface area contributed by atoms with Crippen LogP contribution in [0.4, 0.5) is 0 Å². The molecular formula is C5H5BrN2O3. The number of carboxylic acids is 1. The SMILES string of the molecule is Cn1[nH]c(Br)c(C(=O)O)c1=O. The second-order valence-corrected chi connectivity index (χ2v) is 2.76. The highest BCUT2D eigenvalue weighted by Crippen LogP contribution is 2.08. The molecule has 0 bridgehead atoms.